The van der Waals surface area contributed by atoms with Gasteiger partial charge in [-0.15, -0.1) is 0 Å². The van der Waals surface area contributed by atoms with Gasteiger partial charge in [0.05, 0.1) is 18.4 Å². The van der Waals surface area contributed by atoms with Crippen LogP contribution in [0.25, 0.3) is 0 Å². The second-order valence-electron chi connectivity index (χ2n) is 4.83. The van der Waals surface area contributed by atoms with Gasteiger partial charge in [-0.05, 0) is 25.9 Å². The summed E-state index contributed by atoms with van der Waals surface area (Å²) in [7, 11) is 1.62. The summed E-state index contributed by atoms with van der Waals surface area (Å²) in [4.78, 5) is 18.6. The Morgan fingerprint density at radius 3 is 3.00 bits per heavy atom. The monoisotopic (exact) mass is 250 g/mol. The van der Waals surface area contributed by atoms with Crippen molar-refractivity contribution in [3.63, 3.8) is 0 Å². The molecule has 3 heterocycles. The lowest BCUT2D eigenvalue weighted by Crippen LogP contribution is -2.44. The summed E-state index contributed by atoms with van der Waals surface area (Å²) in [6, 6.07) is 0.412. The summed E-state index contributed by atoms with van der Waals surface area (Å²) < 4.78 is 6.78. The summed E-state index contributed by atoms with van der Waals surface area (Å²) in [5.74, 6) is 0.703. The number of ether oxygens (including phenoxy) is 1. The highest BCUT2D eigenvalue weighted by Gasteiger charge is 2.35. The number of carbonyl (C=O) groups excluding carboxylic acids is 1. The largest absolute Gasteiger partial charge is 0.377 e. The molecule has 2 aliphatic heterocycles. The second kappa shape index (κ2) is 4.70. The first-order valence-corrected chi connectivity index (χ1v) is 6.37. The fraction of sp³-hybridized carbons (Fsp3) is 0.667. The molecular weight excluding hydrogens is 232 g/mol. The van der Waals surface area contributed by atoms with E-state index in [-0.39, 0.29) is 6.03 Å². The lowest BCUT2D eigenvalue weighted by atomic mass is 10.1. The number of fused-ring (bicyclic) bond motifs is 1. The fourth-order valence-corrected chi connectivity index (χ4v) is 2.78. The van der Waals surface area contributed by atoms with Gasteiger partial charge in [-0.1, -0.05) is 0 Å². The van der Waals surface area contributed by atoms with E-state index in [1.165, 1.54) is 0 Å². The van der Waals surface area contributed by atoms with Crippen LogP contribution in [-0.4, -0.2) is 46.7 Å². The summed E-state index contributed by atoms with van der Waals surface area (Å²) >= 11 is 0. The van der Waals surface area contributed by atoms with Gasteiger partial charge in [0.25, 0.3) is 0 Å². The second-order valence-corrected chi connectivity index (χ2v) is 4.83. The number of aromatic nitrogens is 2. The Labute approximate surface area is 106 Å². The maximum Gasteiger partial charge on any atom is 0.330 e. The lowest BCUT2D eigenvalue weighted by molar-refractivity contribution is 0.161. The SMILES string of the molecule is COCc1ncc2n1C(=O)N(C1CCNCC1)C2. The van der Waals surface area contributed by atoms with E-state index in [1.54, 1.807) is 17.9 Å². The van der Waals surface area contributed by atoms with Crippen LogP contribution in [0.15, 0.2) is 6.20 Å². The van der Waals surface area contributed by atoms with Crippen LogP contribution in [0.5, 0.6) is 0 Å². The number of carbonyl (C=O) groups is 1. The molecule has 0 radical (unpaired) electrons. The maximum absolute atomic E-state index is 12.4. The molecule has 0 aromatic carbocycles. The number of piperidine rings is 1. The molecule has 1 N–H and O–H groups in total. The van der Waals surface area contributed by atoms with E-state index in [2.05, 4.69) is 10.3 Å². The first-order valence-electron chi connectivity index (χ1n) is 6.37. The number of imidazole rings is 1. The number of nitrogens with one attached hydrogen (secondary N) is 1. The molecule has 1 aromatic heterocycles. The summed E-state index contributed by atoms with van der Waals surface area (Å²) in [5.41, 5.74) is 0.977. The molecule has 1 fully saturated rings. The minimum Gasteiger partial charge on any atom is -0.377 e. The van der Waals surface area contributed by atoms with Crippen LogP contribution in [-0.2, 0) is 17.9 Å². The van der Waals surface area contributed by atoms with Gasteiger partial charge in [0.15, 0.2) is 0 Å². The fourth-order valence-electron chi connectivity index (χ4n) is 2.78. The van der Waals surface area contributed by atoms with Crippen LogP contribution in [0.3, 0.4) is 0 Å². The third-order valence-electron chi connectivity index (χ3n) is 3.70. The standard InChI is InChI=1S/C12H18N4O2/c1-18-8-11-14-6-10-7-15(12(17)16(10)11)9-2-4-13-5-3-9/h6,9,13H,2-5,7-8H2,1H3. The van der Waals surface area contributed by atoms with E-state index in [0.29, 0.717) is 25.0 Å². The van der Waals surface area contributed by atoms with Crippen molar-refractivity contribution in [2.24, 2.45) is 0 Å². The molecule has 0 aliphatic carbocycles. The number of hydrogen-bond acceptors (Lipinski definition) is 4. The van der Waals surface area contributed by atoms with E-state index in [9.17, 15) is 4.79 Å². The molecule has 0 atom stereocenters. The molecular formula is C12H18N4O2. The average molecular weight is 250 g/mol. The molecule has 3 rings (SSSR count). The molecule has 1 saturated heterocycles. The Morgan fingerprint density at radius 1 is 1.50 bits per heavy atom. The Balaban J connectivity index is 1.80. The highest BCUT2D eigenvalue weighted by molar-refractivity contribution is 5.81. The van der Waals surface area contributed by atoms with Crippen molar-refractivity contribution in [3.05, 3.63) is 17.7 Å². The predicted molar refractivity (Wildman–Crippen MR) is 65.2 cm³/mol. The molecule has 0 saturated carbocycles. The lowest BCUT2D eigenvalue weighted by Gasteiger charge is -2.30. The van der Waals surface area contributed by atoms with E-state index < -0.39 is 0 Å². The van der Waals surface area contributed by atoms with Gasteiger partial charge in [0.1, 0.15) is 12.4 Å². The molecule has 1 amide bonds. The van der Waals surface area contributed by atoms with Crippen molar-refractivity contribution < 1.29 is 9.53 Å². The first-order chi connectivity index (χ1) is 8.81. The number of hydrogen-bond donors (Lipinski definition) is 1. The minimum absolute atomic E-state index is 0.0569. The molecule has 0 spiro atoms. The molecule has 6 heteroatoms. The molecule has 1 aromatic rings. The van der Waals surface area contributed by atoms with Crippen molar-refractivity contribution in [2.75, 3.05) is 20.2 Å². The molecule has 2 aliphatic rings. The summed E-state index contributed by atoms with van der Waals surface area (Å²) in [5, 5.41) is 3.32. The van der Waals surface area contributed by atoms with Crippen LogP contribution < -0.4 is 5.32 Å². The normalized spacial score (nSPS) is 20.5. The van der Waals surface area contributed by atoms with Gasteiger partial charge in [-0.3, -0.25) is 0 Å². The number of amides is 1. The van der Waals surface area contributed by atoms with Crippen molar-refractivity contribution in [1.29, 1.82) is 0 Å². The van der Waals surface area contributed by atoms with Gasteiger partial charge >= 0.3 is 6.03 Å². The molecule has 98 valence electrons. The minimum atomic E-state index is 0.0569. The van der Waals surface area contributed by atoms with Crippen LogP contribution >= 0.6 is 0 Å². The quantitative estimate of drug-likeness (QED) is 0.852. The topological polar surface area (TPSA) is 59.4 Å². The predicted octanol–water partition coefficient (Wildman–Crippen LogP) is 0.565. The van der Waals surface area contributed by atoms with E-state index >= 15 is 0 Å². The van der Waals surface area contributed by atoms with Gasteiger partial charge < -0.3 is 15.0 Å². The first kappa shape index (κ1) is 11.7. The van der Waals surface area contributed by atoms with E-state index in [1.807, 2.05) is 4.90 Å². The third kappa shape index (κ3) is 1.81. The van der Waals surface area contributed by atoms with E-state index in [0.717, 1.165) is 31.6 Å². The Hall–Kier alpha value is -1.40. The van der Waals surface area contributed by atoms with Crippen LogP contribution in [0.1, 0.15) is 24.4 Å². The molecule has 0 unspecified atom stereocenters. The highest BCUT2D eigenvalue weighted by Crippen LogP contribution is 2.24. The van der Waals surface area contributed by atoms with Crippen LogP contribution in [0.2, 0.25) is 0 Å². The van der Waals surface area contributed by atoms with Gasteiger partial charge in [0, 0.05) is 13.2 Å². The van der Waals surface area contributed by atoms with Crippen LogP contribution in [0, 0.1) is 0 Å². The Bertz CT molecular complexity index is 451. The molecule has 0 bridgehead atoms. The van der Waals surface area contributed by atoms with Crippen molar-refractivity contribution in [2.45, 2.75) is 32.0 Å². The zero-order valence-corrected chi connectivity index (χ0v) is 10.6. The van der Waals surface area contributed by atoms with E-state index in [4.69, 9.17) is 4.74 Å². The number of methoxy groups -OCH3 is 1. The molecule has 6 nitrogen and oxygen atoms in total. The Morgan fingerprint density at radius 2 is 2.28 bits per heavy atom. The average Bonchev–Trinajstić information content (AvgIpc) is 2.93. The smallest absolute Gasteiger partial charge is 0.330 e. The van der Waals surface area contributed by atoms with Gasteiger partial charge in [-0.25, -0.2) is 14.3 Å². The number of rotatable bonds is 3. The third-order valence-corrected chi connectivity index (χ3v) is 3.70. The zero-order chi connectivity index (χ0) is 12.5. The van der Waals surface area contributed by atoms with Crippen LogP contribution in [0.4, 0.5) is 4.79 Å². The van der Waals surface area contributed by atoms with Gasteiger partial charge in [0.2, 0.25) is 0 Å². The zero-order valence-electron chi connectivity index (χ0n) is 10.6. The van der Waals surface area contributed by atoms with Crippen molar-refractivity contribution >= 4 is 6.03 Å². The summed E-state index contributed by atoms with van der Waals surface area (Å²) in [6.07, 6.45) is 3.85. The highest BCUT2D eigenvalue weighted by atomic mass is 16.5. The van der Waals surface area contributed by atoms with Crippen molar-refractivity contribution in [1.82, 2.24) is 19.8 Å². The van der Waals surface area contributed by atoms with Crippen molar-refractivity contribution in [3.8, 4) is 0 Å². The van der Waals surface area contributed by atoms with Gasteiger partial charge in [-0.2, -0.15) is 0 Å². The molecule has 18 heavy (non-hydrogen) atoms. The maximum atomic E-state index is 12.4. The Kier molecular flexibility index (Phi) is 3.05. The summed E-state index contributed by atoms with van der Waals surface area (Å²) in [6.45, 7) is 3.05. The number of nitrogens with zero attached hydrogens (tertiary/aromatic N) is 3.